The van der Waals surface area contributed by atoms with Crippen molar-refractivity contribution in [1.29, 1.82) is 0 Å². The molecule has 4 saturated carbocycles. The number of esters is 3. The number of carbonyl (C=O) groups excluding carboxylic acids is 9. The van der Waals surface area contributed by atoms with Crippen LogP contribution in [0.3, 0.4) is 0 Å². The lowest BCUT2D eigenvalue weighted by atomic mass is 9.77. The largest absolute Gasteiger partial charge is 0.497 e. The maximum atomic E-state index is 14.4. The van der Waals surface area contributed by atoms with Gasteiger partial charge in [0, 0.05) is 36.0 Å². The highest BCUT2D eigenvalue weighted by atomic mass is 16.6. The molecule has 6 aromatic rings. The molecule has 8 bridgehead atoms. The average Bonchev–Trinajstić information content (AvgIpc) is 1.63. The Morgan fingerprint density at radius 1 is 0.386 bits per heavy atom. The van der Waals surface area contributed by atoms with Gasteiger partial charge in [0.2, 0.25) is 35.4 Å². The van der Waals surface area contributed by atoms with E-state index in [4.69, 9.17) is 72.5 Å². The molecule has 0 radical (unpaired) electrons. The fourth-order valence-electron chi connectivity index (χ4n) is 23.4. The van der Waals surface area contributed by atoms with Crippen LogP contribution >= 0.6 is 0 Å². The van der Waals surface area contributed by atoms with E-state index in [1.807, 2.05) is 138 Å². The fourth-order valence-corrected chi connectivity index (χ4v) is 23.4. The second kappa shape index (κ2) is 41.3. The molecule has 3 saturated heterocycles. The second-order valence-corrected chi connectivity index (χ2v) is 43.4. The van der Waals surface area contributed by atoms with E-state index < -0.39 is 76.0 Å². The van der Waals surface area contributed by atoms with Crippen LogP contribution in [0.25, 0.3) is 33.1 Å². The molecule has 0 spiro atoms. The third-order valence-corrected chi connectivity index (χ3v) is 31.1. The molecular formula is C105H145N9O18. The van der Waals surface area contributed by atoms with Gasteiger partial charge in [-0.25, -0.2) is 29.9 Å². The van der Waals surface area contributed by atoms with Crippen LogP contribution in [0.15, 0.2) is 54.6 Å². The molecule has 0 N–H and O–H groups in total. The van der Waals surface area contributed by atoms with Crippen molar-refractivity contribution in [2.45, 2.75) is 338 Å². The Balaban J connectivity index is 0.000000159. The van der Waals surface area contributed by atoms with E-state index in [1.165, 1.54) is 27.2 Å². The summed E-state index contributed by atoms with van der Waals surface area (Å²) in [5.41, 5.74) is 4.63. The number of amides is 3. The first kappa shape index (κ1) is 98.3. The van der Waals surface area contributed by atoms with Crippen LogP contribution < -0.4 is 28.4 Å². The number of ether oxygens (including phenoxy) is 9. The maximum Gasteiger partial charge on any atom is 0.307 e. The van der Waals surface area contributed by atoms with E-state index in [2.05, 4.69) is 6.92 Å². The molecule has 3 aromatic carbocycles. The van der Waals surface area contributed by atoms with Gasteiger partial charge in [-0.3, -0.25) is 43.2 Å². The van der Waals surface area contributed by atoms with Crippen molar-refractivity contribution in [1.82, 2.24) is 44.6 Å². The number of benzene rings is 3. The Morgan fingerprint density at radius 2 is 0.750 bits per heavy atom. The zero-order valence-electron chi connectivity index (χ0n) is 81.8. The summed E-state index contributed by atoms with van der Waals surface area (Å²) in [5.74, 6) is 0.869. The highest BCUT2D eigenvalue weighted by molar-refractivity contribution is 5.94. The number of hydrogen-bond acceptors (Lipinski definition) is 24. The molecule has 27 nitrogen and oxygen atoms in total. The van der Waals surface area contributed by atoms with Gasteiger partial charge in [-0.15, -0.1) is 0 Å². The van der Waals surface area contributed by atoms with E-state index >= 15 is 0 Å². The zero-order valence-corrected chi connectivity index (χ0v) is 81.8. The maximum absolute atomic E-state index is 14.4. The number of nitrogens with zero attached hydrogens (tertiary/aromatic N) is 9. The molecule has 16 rings (SSSR count). The third kappa shape index (κ3) is 22.1. The van der Waals surface area contributed by atoms with E-state index in [0.29, 0.717) is 100 Å². The molecule has 132 heavy (non-hydrogen) atoms. The molecule has 4 aliphatic carbocycles. The molecule has 3 amide bonds. The van der Waals surface area contributed by atoms with Gasteiger partial charge in [-0.2, -0.15) is 0 Å². The van der Waals surface area contributed by atoms with Crippen molar-refractivity contribution in [3.63, 3.8) is 0 Å². The van der Waals surface area contributed by atoms with Crippen LogP contribution in [0.5, 0.6) is 34.9 Å². The highest BCUT2D eigenvalue weighted by Gasteiger charge is 2.55. The Kier molecular flexibility index (Phi) is 30.7. The van der Waals surface area contributed by atoms with Gasteiger partial charge in [0.25, 0.3) is 0 Å². The van der Waals surface area contributed by atoms with Crippen molar-refractivity contribution in [3.05, 3.63) is 71.7 Å². The summed E-state index contributed by atoms with van der Waals surface area (Å²) in [5, 5.41) is 0. The third-order valence-electron chi connectivity index (χ3n) is 31.1. The topological polar surface area (TPSA) is 324 Å². The lowest BCUT2D eigenvalue weighted by Gasteiger charge is -2.36. The van der Waals surface area contributed by atoms with Gasteiger partial charge in [-0.1, -0.05) is 122 Å². The molecule has 27 heteroatoms. The smallest absolute Gasteiger partial charge is 0.307 e. The molecular weight excluding hydrogens is 1680 g/mol. The van der Waals surface area contributed by atoms with Crippen LogP contribution in [0, 0.1) is 81.3 Å². The van der Waals surface area contributed by atoms with Gasteiger partial charge >= 0.3 is 17.9 Å². The minimum Gasteiger partial charge on any atom is -0.497 e. The van der Waals surface area contributed by atoms with Crippen molar-refractivity contribution >= 4 is 86.1 Å². The van der Waals surface area contributed by atoms with Crippen LogP contribution in [0.1, 0.15) is 282 Å². The fraction of sp³-hybridized carbons (Fsp3) is 0.686. The minimum atomic E-state index is -0.663. The first-order valence-electron chi connectivity index (χ1n) is 49.3. The molecule has 10 aliphatic rings. The Labute approximate surface area is 779 Å². The summed E-state index contributed by atoms with van der Waals surface area (Å²) < 4.78 is 54.7. The number of methoxy groups -OCH3 is 3. The summed E-state index contributed by atoms with van der Waals surface area (Å²) in [4.78, 5) is 157. The number of carbonyl (C=O) groups is 9. The molecule has 718 valence electrons. The van der Waals surface area contributed by atoms with E-state index in [0.717, 1.165) is 162 Å². The van der Waals surface area contributed by atoms with E-state index in [9.17, 15) is 43.2 Å². The van der Waals surface area contributed by atoms with Crippen molar-refractivity contribution in [3.8, 4) is 34.9 Å². The van der Waals surface area contributed by atoms with Crippen molar-refractivity contribution in [2.24, 2.45) is 81.3 Å². The highest BCUT2D eigenvalue weighted by Crippen LogP contribution is 2.53. The number of aryl methyl sites for hydroxylation is 3. The lowest BCUT2D eigenvalue weighted by molar-refractivity contribution is -0.167. The van der Waals surface area contributed by atoms with Crippen molar-refractivity contribution in [2.75, 3.05) is 41.0 Å². The number of fused-ring (bicyclic) bond motifs is 19. The minimum absolute atomic E-state index is 0.00524. The number of ketones is 3. The predicted molar refractivity (Wildman–Crippen MR) is 500 cm³/mol. The van der Waals surface area contributed by atoms with Crippen LogP contribution in [-0.2, 0) is 76.6 Å². The van der Waals surface area contributed by atoms with Crippen molar-refractivity contribution < 1.29 is 85.8 Å². The zero-order chi connectivity index (χ0) is 94.7. The van der Waals surface area contributed by atoms with Gasteiger partial charge < -0.3 is 57.3 Å². The number of aromatic nitrogens is 6. The van der Waals surface area contributed by atoms with E-state index in [-0.39, 0.29) is 122 Å². The summed E-state index contributed by atoms with van der Waals surface area (Å²) in [6, 6.07) is 14.9. The van der Waals surface area contributed by atoms with Gasteiger partial charge in [0.05, 0.1) is 129 Å². The molecule has 3 aromatic heterocycles. The Bertz CT molecular complexity index is 5210. The molecule has 20 atom stereocenters. The number of hydrogen-bond donors (Lipinski definition) is 0. The van der Waals surface area contributed by atoms with Crippen LogP contribution in [0.4, 0.5) is 0 Å². The van der Waals surface area contributed by atoms with Gasteiger partial charge in [0.1, 0.15) is 70.5 Å². The SMILES string of the molecule is COc1ccc2nc3c(nc2c1)O[C@H]1CN(C(=O)[C@H](C(C)(C)C)CC(=O)O[C@@H]2CCC[C@H]2CCCCC3)[C@H](C(C)=O)[C@@H]1C.COc1ccc2nc3c(nc2c1)O[C@H]1CN(C(=O)[C@H](C(C)(C)C)CC(=O)O[C@@H]2[C@H]4CC[C@H](C4)[C@H]2CCCCC3)[C@H](C(C)=O)[C@@H]1C.COc1ccc2nc3c(nc2c1)O[C@H]1CN(C(=O)[C@H](C(C)(C)C)CC(=O)O[C@]2(C)CCC[C@H]2CCCCC3)[C@H](C(C)=O)[C@@H]1C. The number of Topliss-reactive ketones (excluding diaryl/α,β-unsaturated/α-hetero) is 3. The molecule has 7 fully saturated rings. The summed E-state index contributed by atoms with van der Waals surface area (Å²) in [6.07, 6.45) is 22.0. The van der Waals surface area contributed by atoms with Gasteiger partial charge in [0.15, 0.2) is 17.3 Å². The van der Waals surface area contributed by atoms with Gasteiger partial charge in [-0.05, 0) is 226 Å². The normalized spacial score (nSPS) is 30.8. The lowest BCUT2D eigenvalue weighted by Crippen LogP contribution is -2.48. The molecule has 9 heterocycles. The van der Waals surface area contributed by atoms with Crippen LogP contribution in [0.2, 0.25) is 0 Å². The van der Waals surface area contributed by atoms with Crippen LogP contribution in [-0.4, -0.2) is 193 Å². The quantitative estimate of drug-likeness (QED) is 0.110. The summed E-state index contributed by atoms with van der Waals surface area (Å²) >= 11 is 0. The van der Waals surface area contributed by atoms with E-state index in [1.54, 1.807) is 36.0 Å². The molecule has 0 unspecified atom stereocenters. The average molecular weight is 1820 g/mol. The monoisotopic (exact) mass is 1820 g/mol. The standard InChI is InChI=1S/C36H49N3O6.C35H49N3O6.C34H47N3O6/c1-20-30-19-39(32(20)21(2)40)35(42)26(36(3,4)5)18-31(41)45-33-23-13-12-22(16-23)25(33)10-8-7-9-11-28-34(44-30)38-29-17-24(43-6)14-15-27(29)37-28;1-21-29-20-38(31(21)22(2)39)33(41)25(34(3,4)5)19-30(40)44-35(6)17-11-13-23(35)12-9-8-10-14-27-32(43-29)37-28-18-24(42-7)15-16-26(28)36-27;1-20-29-19-37(31(20)21(2)38)33(40)24(34(3,4)5)18-30(39)42-28-14-10-12-22(28)11-8-7-9-13-26-32(43-29)36-27-17-23(41-6)15-16-25(27)35-26/h14-15,17,20,22-23,25-26,30,32-33H,7-13,16,18-19H2,1-6H3;15-16,18,21,23,25,29,31H,8-14,17,19-20H2,1-7H3;15-17,20,22,24,28-29,31H,7-14,18-19H2,1-6H3/t20-,22-,23+,25-,26-,30+,32+,33-;21-,23-,25-,29+,31+,35-;20-,22-,24-,28-,29+,31+/m111/s1. The molecule has 6 aliphatic heterocycles. The predicted octanol–water partition coefficient (Wildman–Crippen LogP) is 17.7. The summed E-state index contributed by atoms with van der Waals surface area (Å²) in [7, 11) is 4.86. The second-order valence-electron chi connectivity index (χ2n) is 43.4. The Hall–Kier alpha value is -9.69. The Morgan fingerprint density at radius 3 is 1.14 bits per heavy atom. The number of rotatable bonds is 6. The summed E-state index contributed by atoms with van der Waals surface area (Å²) in [6.45, 7) is 30.9. The first-order valence-corrected chi connectivity index (χ1v) is 49.3. The first-order chi connectivity index (χ1) is 62.7.